The second kappa shape index (κ2) is 8.30. The number of anilines is 2. The Labute approximate surface area is 189 Å². The molecule has 2 fully saturated rings. The quantitative estimate of drug-likeness (QED) is 0.535. The van der Waals surface area contributed by atoms with E-state index in [4.69, 9.17) is 0 Å². The number of H-pyrrole nitrogens is 1. The van der Waals surface area contributed by atoms with Crippen molar-refractivity contribution in [2.24, 2.45) is 0 Å². The fourth-order valence-corrected chi connectivity index (χ4v) is 4.08. The number of para-hydroxylation sites is 1. The minimum Gasteiger partial charge on any atom is -0.351 e. The van der Waals surface area contributed by atoms with Gasteiger partial charge in [-0.2, -0.15) is 0 Å². The zero-order valence-electron chi connectivity index (χ0n) is 17.7. The summed E-state index contributed by atoms with van der Waals surface area (Å²) in [5.74, 6) is -0.438. The maximum absolute atomic E-state index is 12.9. The van der Waals surface area contributed by atoms with Crippen molar-refractivity contribution in [2.45, 2.75) is 0 Å². The molecular formula is C23H22N6O4. The van der Waals surface area contributed by atoms with Gasteiger partial charge < -0.3 is 25.4 Å². The molecule has 0 saturated carbocycles. The molecule has 2 aliphatic rings. The summed E-state index contributed by atoms with van der Waals surface area (Å²) in [6, 6.07) is 15.3. The molecule has 3 aromatic rings. The minimum absolute atomic E-state index is 0.0447. The summed E-state index contributed by atoms with van der Waals surface area (Å²) in [6.07, 6.45) is 0. The molecule has 10 nitrogen and oxygen atoms in total. The lowest BCUT2D eigenvalue weighted by molar-refractivity contribution is -0.115. The molecule has 2 aromatic carbocycles. The number of urea groups is 2. The van der Waals surface area contributed by atoms with E-state index in [1.165, 1.54) is 0 Å². The Balaban J connectivity index is 1.20. The maximum Gasteiger partial charge on any atom is 0.329 e. The van der Waals surface area contributed by atoms with Gasteiger partial charge in [-0.1, -0.05) is 24.3 Å². The van der Waals surface area contributed by atoms with Crippen LogP contribution in [0.2, 0.25) is 0 Å². The predicted molar refractivity (Wildman–Crippen MR) is 122 cm³/mol. The highest BCUT2D eigenvalue weighted by Crippen LogP contribution is 2.22. The van der Waals surface area contributed by atoms with Crippen LogP contribution in [0.4, 0.5) is 21.0 Å². The number of benzene rings is 2. The number of carbonyl (C=O) groups excluding carboxylic acids is 4. The van der Waals surface area contributed by atoms with Gasteiger partial charge in [0.2, 0.25) is 0 Å². The van der Waals surface area contributed by atoms with Gasteiger partial charge in [0.25, 0.3) is 11.8 Å². The maximum atomic E-state index is 12.9. The summed E-state index contributed by atoms with van der Waals surface area (Å²) in [4.78, 5) is 57.0. The largest absolute Gasteiger partial charge is 0.351 e. The van der Waals surface area contributed by atoms with Crippen molar-refractivity contribution in [2.75, 3.05) is 42.9 Å². The van der Waals surface area contributed by atoms with Crippen LogP contribution in [0.3, 0.4) is 0 Å². The van der Waals surface area contributed by atoms with Crippen LogP contribution in [0.25, 0.3) is 10.9 Å². The van der Waals surface area contributed by atoms with Crippen molar-refractivity contribution in [1.29, 1.82) is 0 Å². The number of hydrogen-bond acceptors (Lipinski definition) is 4. The summed E-state index contributed by atoms with van der Waals surface area (Å²) in [7, 11) is 0. The molecule has 6 amide bonds. The second-order valence-corrected chi connectivity index (χ2v) is 7.92. The van der Waals surface area contributed by atoms with E-state index in [0.29, 0.717) is 43.2 Å². The van der Waals surface area contributed by atoms with E-state index in [0.717, 1.165) is 15.8 Å². The third-order valence-corrected chi connectivity index (χ3v) is 5.81. The van der Waals surface area contributed by atoms with Gasteiger partial charge in [-0.05, 0) is 30.3 Å². The number of carbonyl (C=O) groups is 4. The number of hydrogen-bond donors (Lipinski definition) is 3. The van der Waals surface area contributed by atoms with Gasteiger partial charge in [0.05, 0.1) is 12.2 Å². The molecule has 10 heteroatoms. The summed E-state index contributed by atoms with van der Waals surface area (Å²) < 4.78 is 0. The Morgan fingerprint density at radius 2 is 1.64 bits per heavy atom. The van der Waals surface area contributed by atoms with Crippen LogP contribution in [0.15, 0.2) is 54.6 Å². The van der Waals surface area contributed by atoms with E-state index in [1.54, 1.807) is 34.1 Å². The monoisotopic (exact) mass is 446 g/mol. The normalized spacial score (nSPS) is 16.3. The van der Waals surface area contributed by atoms with Crippen molar-refractivity contribution in [3.63, 3.8) is 0 Å². The van der Waals surface area contributed by atoms with Gasteiger partial charge >= 0.3 is 12.1 Å². The molecule has 0 aliphatic carbocycles. The van der Waals surface area contributed by atoms with Crippen LogP contribution in [-0.2, 0) is 4.79 Å². The molecule has 0 bridgehead atoms. The summed E-state index contributed by atoms with van der Waals surface area (Å²) >= 11 is 0. The molecule has 2 aliphatic heterocycles. The van der Waals surface area contributed by atoms with Crippen molar-refractivity contribution in [3.05, 3.63) is 60.3 Å². The van der Waals surface area contributed by atoms with Crippen molar-refractivity contribution in [1.82, 2.24) is 20.1 Å². The summed E-state index contributed by atoms with van der Waals surface area (Å²) in [6.45, 7) is 1.58. The fraction of sp³-hybridized carbons (Fsp3) is 0.217. The Kier molecular flexibility index (Phi) is 5.17. The Hall–Kier alpha value is -4.34. The van der Waals surface area contributed by atoms with E-state index in [1.807, 2.05) is 30.3 Å². The van der Waals surface area contributed by atoms with Crippen LogP contribution in [0.5, 0.6) is 0 Å². The van der Waals surface area contributed by atoms with Crippen molar-refractivity contribution in [3.8, 4) is 0 Å². The average molecular weight is 446 g/mol. The lowest BCUT2D eigenvalue weighted by Crippen LogP contribution is -2.51. The van der Waals surface area contributed by atoms with Crippen LogP contribution in [0.1, 0.15) is 10.5 Å². The number of aromatic amines is 1. The Morgan fingerprint density at radius 3 is 2.36 bits per heavy atom. The van der Waals surface area contributed by atoms with Crippen molar-refractivity contribution < 1.29 is 19.2 Å². The van der Waals surface area contributed by atoms with Gasteiger partial charge in [0, 0.05) is 42.8 Å². The van der Waals surface area contributed by atoms with Gasteiger partial charge in [-0.25, -0.2) is 14.5 Å². The van der Waals surface area contributed by atoms with Crippen molar-refractivity contribution >= 4 is 46.2 Å². The molecule has 0 spiro atoms. The SMILES string of the molecule is O=C(Nc1cccc(N2C(=O)CNC2=O)c1)N1CCN(C(=O)c2cc3ccccc3[nH]2)CC1. The average Bonchev–Trinajstić information content (AvgIpc) is 3.41. The molecule has 1 aromatic heterocycles. The number of piperazine rings is 1. The summed E-state index contributed by atoms with van der Waals surface area (Å²) in [5, 5.41) is 6.26. The molecule has 168 valence electrons. The third kappa shape index (κ3) is 3.98. The first-order valence-corrected chi connectivity index (χ1v) is 10.6. The van der Waals surface area contributed by atoms with Gasteiger partial charge in [0.1, 0.15) is 5.69 Å². The predicted octanol–water partition coefficient (Wildman–Crippen LogP) is 2.21. The van der Waals surface area contributed by atoms with Gasteiger partial charge in [-0.15, -0.1) is 0 Å². The number of fused-ring (bicyclic) bond motifs is 1. The molecule has 0 radical (unpaired) electrons. The van der Waals surface area contributed by atoms with E-state index >= 15 is 0 Å². The summed E-state index contributed by atoms with van der Waals surface area (Å²) in [5.41, 5.74) is 2.31. The molecule has 3 heterocycles. The van der Waals surface area contributed by atoms with E-state index in [9.17, 15) is 19.2 Å². The Bertz CT molecular complexity index is 1210. The zero-order valence-corrected chi connectivity index (χ0v) is 17.7. The van der Waals surface area contributed by atoms with Gasteiger partial charge in [0.15, 0.2) is 0 Å². The molecule has 0 unspecified atom stereocenters. The number of amides is 6. The third-order valence-electron chi connectivity index (χ3n) is 5.81. The standard InChI is InChI=1S/C23H22N6O4/c30-20-14-24-22(32)29(20)17-6-3-5-16(13-17)25-23(33)28-10-8-27(9-11-28)21(31)19-12-15-4-1-2-7-18(15)26-19/h1-7,12-13,26H,8-11,14H2,(H,24,32)(H,25,33). The topological polar surface area (TPSA) is 118 Å². The number of rotatable bonds is 3. The van der Waals surface area contributed by atoms with E-state index < -0.39 is 6.03 Å². The first kappa shape index (κ1) is 20.6. The highest BCUT2D eigenvalue weighted by molar-refractivity contribution is 6.20. The molecule has 5 rings (SSSR count). The van der Waals surface area contributed by atoms with Crippen LogP contribution in [0, 0.1) is 0 Å². The smallest absolute Gasteiger partial charge is 0.329 e. The molecule has 2 saturated heterocycles. The number of aromatic nitrogens is 1. The molecule has 0 atom stereocenters. The Morgan fingerprint density at radius 1 is 0.879 bits per heavy atom. The number of nitrogens with one attached hydrogen (secondary N) is 3. The lowest BCUT2D eigenvalue weighted by Gasteiger charge is -2.34. The first-order valence-electron chi connectivity index (χ1n) is 10.6. The molecule has 33 heavy (non-hydrogen) atoms. The van der Waals surface area contributed by atoms with E-state index in [2.05, 4.69) is 15.6 Å². The van der Waals surface area contributed by atoms with E-state index in [-0.39, 0.29) is 24.4 Å². The minimum atomic E-state index is -0.487. The highest BCUT2D eigenvalue weighted by Gasteiger charge is 2.30. The van der Waals surface area contributed by atoms with Gasteiger partial charge in [-0.3, -0.25) is 9.59 Å². The second-order valence-electron chi connectivity index (χ2n) is 7.92. The molecular weight excluding hydrogens is 424 g/mol. The highest BCUT2D eigenvalue weighted by atomic mass is 16.2. The number of nitrogens with zero attached hydrogens (tertiary/aromatic N) is 3. The van der Waals surface area contributed by atoms with Crippen LogP contribution in [-0.4, -0.2) is 71.4 Å². The first-order chi connectivity index (χ1) is 16.0. The molecule has 3 N–H and O–H groups in total. The van der Waals surface area contributed by atoms with Crippen LogP contribution >= 0.6 is 0 Å². The fourth-order valence-electron chi connectivity index (χ4n) is 4.08. The lowest BCUT2D eigenvalue weighted by atomic mass is 10.2. The zero-order chi connectivity index (χ0) is 22.9. The number of imide groups is 1. The van der Waals surface area contributed by atoms with Crippen LogP contribution < -0.4 is 15.5 Å².